The Morgan fingerprint density at radius 2 is 1.97 bits per heavy atom. The number of carboxylic acids is 1. The molecule has 2 aromatic heterocycles. The third kappa shape index (κ3) is 5.52. The molecule has 2 heterocycles. The van der Waals surface area contributed by atoms with E-state index < -0.39 is 11.9 Å². The van der Waals surface area contributed by atoms with Gasteiger partial charge in [0.25, 0.3) is 5.56 Å². The van der Waals surface area contributed by atoms with E-state index in [0.29, 0.717) is 28.3 Å². The molecule has 1 aromatic carbocycles. The molecule has 0 amide bonds. The highest BCUT2D eigenvalue weighted by Gasteiger charge is 2.25. The van der Waals surface area contributed by atoms with Gasteiger partial charge >= 0.3 is 5.97 Å². The van der Waals surface area contributed by atoms with E-state index in [1.165, 1.54) is 17.4 Å². The summed E-state index contributed by atoms with van der Waals surface area (Å²) in [6.45, 7) is 7.09. The van der Waals surface area contributed by atoms with Crippen molar-refractivity contribution < 1.29 is 18.7 Å². The fourth-order valence-corrected chi connectivity index (χ4v) is 3.82. The summed E-state index contributed by atoms with van der Waals surface area (Å²) in [6, 6.07) is 8.11. The van der Waals surface area contributed by atoms with E-state index in [-0.39, 0.29) is 43.0 Å². The number of pyridine rings is 1. The van der Waals surface area contributed by atoms with Crippen LogP contribution in [0.4, 0.5) is 20.3 Å². The number of benzene rings is 1. The third-order valence-corrected chi connectivity index (χ3v) is 5.84. The second kappa shape index (κ2) is 10.2. The van der Waals surface area contributed by atoms with Gasteiger partial charge in [0.1, 0.15) is 11.5 Å². The van der Waals surface area contributed by atoms with Crippen LogP contribution >= 0.6 is 0 Å². The molecule has 0 fully saturated rings. The van der Waals surface area contributed by atoms with E-state index in [1.807, 2.05) is 19.9 Å². The van der Waals surface area contributed by atoms with Gasteiger partial charge in [-0.05, 0) is 51.0 Å². The Labute approximate surface area is 196 Å². The number of hydrogen-bond acceptors (Lipinski definition) is 5. The normalized spacial score (nSPS) is 12.5. The average Bonchev–Trinajstić information content (AvgIpc) is 2.80. The molecule has 9 heteroatoms. The highest BCUT2D eigenvalue weighted by atomic mass is 19.3. The minimum Gasteiger partial charge on any atom is -0.478 e. The fourth-order valence-electron chi connectivity index (χ4n) is 3.82. The topological polar surface area (TPSA) is 95.7 Å². The zero-order valence-corrected chi connectivity index (χ0v) is 19.8. The number of aryl methyl sites for hydroxylation is 1. The predicted octanol–water partition coefficient (Wildman–Crippen LogP) is 5.42. The lowest BCUT2D eigenvalue weighted by molar-refractivity contribution is -0.0123. The summed E-state index contributed by atoms with van der Waals surface area (Å²) < 4.78 is 28.5. The fraction of sp³-hybridized carbons (Fsp3) is 0.400. The van der Waals surface area contributed by atoms with Crippen LogP contribution in [0.5, 0.6) is 0 Å². The van der Waals surface area contributed by atoms with Crippen LogP contribution in [-0.4, -0.2) is 32.9 Å². The number of alkyl halides is 2. The number of halogens is 2. The van der Waals surface area contributed by atoms with Gasteiger partial charge in [-0.2, -0.15) is 0 Å². The molecule has 3 aromatic rings. The standard InChI is InChI=1S/C25H30F2N4O3/c1-5-25(26,27)11-8-12-28-21-16(3)23(32)31-14-15(2)13-19(22(31)30-21)17(4)29-20-10-7-6-9-18(20)24(33)34/h6-7,9-10,13-14,17,28-29H,5,8,11-12H2,1-4H3,(H,33,34). The molecular weight excluding hydrogens is 442 g/mol. The molecule has 0 aliphatic rings. The van der Waals surface area contributed by atoms with Gasteiger partial charge in [0, 0.05) is 36.8 Å². The van der Waals surface area contributed by atoms with Gasteiger partial charge in [-0.25, -0.2) is 18.6 Å². The number of aromatic nitrogens is 2. The molecule has 7 nitrogen and oxygen atoms in total. The van der Waals surface area contributed by atoms with Crippen molar-refractivity contribution in [1.82, 2.24) is 9.38 Å². The largest absolute Gasteiger partial charge is 0.478 e. The van der Waals surface area contributed by atoms with Crippen molar-refractivity contribution in [2.24, 2.45) is 0 Å². The molecule has 0 aliphatic heterocycles. The SMILES string of the molecule is CCC(F)(F)CCCNc1nc2c(C(C)Nc3ccccc3C(=O)O)cc(C)cn2c(=O)c1C. The van der Waals surface area contributed by atoms with Crippen LogP contribution < -0.4 is 16.2 Å². The molecule has 0 saturated carbocycles. The van der Waals surface area contributed by atoms with E-state index in [1.54, 1.807) is 31.3 Å². The molecule has 1 unspecified atom stereocenters. The third-order valence-electron chi connectivity index (χ3n) is 5.84. The number of hydrogen-bond donors (Lipinski definition) is 3. The van der Waals surface area contributed by atoms with Gasteiger partial charge < -0.3 is 15.7 Å². The number of fused-ring (bicyclic) bond motifs is 1. The summed E-state index contributed by atoms with van der Waals surface area (Å²) in [4.78, 5) is 29.3. The number of carboxylic acid groups (broad SMARTS) is 1. The Balaban J connectivity index is 1.96. The highest BCUT2D eigenvalue weighted by Crippen LogP contribution is 2.27. The summed E-state index contributed by atoms with van der Waals surface area (Å²) in [6.07, 6.45) is 1.49. The van der Waals surface area contributed by atoms with Gasteiger partial charge in [-0.15, -0.1) is 0 Å². The molecule has 182 valence electrons. The molecule has 0 radical (unpaired) electrons. The van der Waals surface area contributed by atoms with Crippen molar-refractivity contribution in [2.45, 2.75) is 58.9 Å². The lowest BCUT2D eigenvalue weighted by atomic mass is 10.1. The van der Waals surface area contributed by atoms with Crippen LogP contribution in [0.15, 0.2) is 41.3 Å². The molecule has 0 bridgehead atoms. The number of para-hydroxylation sites is 1. The van der Waals surface area contributed by atoms with Crippen LogP contribution in [0.25, 0.3) is 5.65 Å². The molecule has 3 rings (SSSR count). The smallest absolute Gasteiger partial charge is 0.337 e. The van der Waals surface area contributed by atoms with Crippen molar-refractivity contribution in [3.8, 4) is 0 Å². The first-order valence-corrected chi connectivity index (χ1v) is 11.3. The number of nitrogens with one attached hydrogen (secondary N) is 2. The molecule has 34 heavy (non-hydrogen) atoms. The van der Waals surface area contributed by atoms with Crippen molar-refractivity contribution in [1.29, 1.82) is 0 Å². The Kier molecular flexibility index (Phi) is 7.54. The Hall–Kier alpha value is -3.49. The number of aromatic carboxylic acids is 1. The highest BCUT2D eigenvalue weighted by molar-refractivity contribution is 5.94. The first-order chi connectivity index (χ1) is 16.0. The summed E-state index contributed by atoms with van der Waals surface area (Å²) >= 11 is 0. The van der Waals surface area contributed by atoms with Crippen LogP contribution in [0.2, 0.25) is 0 Å². The Morgan fingerprint density at radius 3 is 2.65 bits per heavy atom. The van der Waals surface area contributed by atoms with Crippen LogP contribution in [0.1, 0.15) is 66.2 Å². The van der Waals surface area contributed by atoms with Crippen molar-refractivity contribution in [3.05, 3.63) is 69.1 Å². The molecule has 1 atom stereocenters. The average molecular weight is 473 g/mol. The maximum Gasteiger partial charge on any atom is 0.337 e. The lowest BCUT2D eigenvalue weighted by Gasteiger charge is -2.20. The van der Waals surface area contributed by atoms with E-state index in [2.05, 4.69) is 15.6 Å². The van der Waals surface area contributed by atoms with Gasteiger partial charge in [0.15, 0.2) is 0 Å². The minimum atomic E-state index is -2.70. The van der Waals surface area contributed by atoms with Crippen LogP contribution in [-0.2, 0) is 0 Å². The lowest BCUT2D eigenvalue weighted by Crippen LogP contribution is -2.23. The summed E-state index contributed by atoms with van der Waals surface area (Å²) in [5.74, 6) is -3.40. The zero-order valence-electron chi connectivity index (χ0n) is 19.8. The first kappa shape index (κ1) is 25.1. The summed E-state index contributed by atoms with van der Waals surface area (Å²) in [5.41, 5.74) is 2.69. The minimum absolute atomic E-state index is 0.138. The van der Waals surface area contributed by atoms with Crippen molar-refractivity contribution in [3.63, 3.8) is 0 Å². The van der Waals surface area contributed by atoms with E-state index in [9.17, 15) is 23.5 Å². The van der Waals surface area contributed by atoms with Gasteiger partial charge in [-0.1, -0.05) is 19.1 Å². The Bertz CT molecular complexity index is 1260. The molecule has 3 N–H and O–H groups in total. The van der Waals surface area contributed by atoms with Gasteiger partial charge in [-0.3, -0.25) is 9.20 Å². The van der Waals surface area contributed by atoms with Gasteiger partial charge in [0.2, 0.25) is 5.92 Å². The summed E-state index contributed by atoms with van der Waals surface area (Å²) in [5, 5.41) is 15.7. The molecule has 0 spiro atoms. The second-order valence-electron chi connectivity index (χ2n) is 8.51. The van der Waals surface area contributed by atoms with E-state index in [4.69, 9.17) is 0 Å². The van der Waals surface area contributed by atoms with Crippen LogP contribution in [0, 0.1) is 13.8 Å². The summed E-state index contributed by atoms with van der Waals surface area (Å²) in [7, 11) is 0. The van der Waals surface area contributed by atoms with E-state index in [0.717, 1.165) is 5.56 Å². The Morgan fingerprint density at radius 1 is 1.26 bits per heavy atom. The molecular formula is C25H30F2N4O3. The second-order valence-corrected chi connectivity index (χ2v) is 8.51. The number of anilines is 2. The number of nitrogens with zero attached hydrogens (tertiary/aromatic N) is 2. The molecule has 0 saturated heterocycles. The maximum absolute atomic E-state index is 13.5. The number of carbonyl (C=O) groups is 1. The van der Waals surface area contributed by atoms with Crippen molar-refractivity contribution in [2.75, 3.05) is 17.2 Å². The monoisotopic (exact) mass is 472 g/mol. The van der Waals surface area contributed by atoms with Crippen LogP contribution in [0.3, 0.4) is 0 Å². The van der Waals surface area contributed by atoms with Crippen molar-refractivity contribution >= 4 is 23.1 Å². The molecule has 0 aliphatic carbocycles. The quantitative estimate of drug-likeness (QED) is 0.341. The predicted molar refractivity (Wildman–Crippen MR) is 129 cm³/mol. The maximum atomic E-state index is 13.5. The first-order valence-electron chi connectivity index (χ1n) is 11.3. The number of rotatable bonds is 10. The van der Waals surface area contributed by atoms with Gasteiger partial charge in [0.05, 0.1) is 17.2 Å². The zero-order chi connectivity index (χ0) is 25.0. The van der Waals surface area contributed by atoms with E-state index >= 15 is 0 Å².